The van der Waals surface area contributed by atoms with Gasteiger partial charge in [0.05, 0.1) is 48.9 Å². The molecular weight excluding hydrogens is 439 g/mol. The maximum absolute atomic E-state index is 13.5. The predicted molar refractivity (Wildman–Crippen MR) is 120 cm³/mol. The molecule has 0 aromatic carbocycles. The van der Waals surface area contributed by atoms with Gasteiger partial charge < -0.3 is 20.7 Å². The quantitative estimate of drug-likeness (QED) is 0.610. The zero-order valence-corrected chi connectivity index (χ0v) is 18.5. The molecule has 1 saturated heterocycles. The number of carbonyl (C=O) groups is 1. The van der Waals surface area contributed by atoms with Crippen molar-refractivity contribution in [3.63, 3.8) is 0 Å². The molecular formula is C23H23FN8O2. The lowest BCUT2D eigenvalue weighted by atomic mass is 9.96. The number of nitriles is 1. The fourth-order valence-corrected chi connectivity index (χ4v) is 4.51. The monoisotopic (exact) mass is 462 g/mol. The summed E-state index contributed by atoms with van der Waals surface area (Å²) in [6.07, 6.45) is 4.87. The third-order valence-corrected chi connectivity index (χ3v) is 6.35. The number of hydrogen-bond donors (Lipinski definition) is 2. The Morgan fingerprint density at radius 1 is 1.32 bits per heavy atom. The minimum Gasteiger partial charge on any atom is -0.383 e. The predicted octanol–water partition coefficient (Wildman–Crippen LogP) is 2.34. The lowest BCUT2D eigenvalue weighted by molar-refractivity contribution is -0.0701. The molecule has 2 amide bonds. The number of pyridine rings is 2. The Morgan fingerprint density at radius 2 is 2.18 bits per heavy atom. The number of nitrogen functional groups attached to an aromatic ring is 1. The largest absolute Gasteiger partial charge is 0.383 e. The van der Waals surface area contributed by atoms with E-state index in [2.05, 4.69) is 15.3 Å². The molecule has 3 aromatic rings. The normalized spacial score (nSPS) is 20.1. The van der Waals surface area contributed by atoms with Gasteiger partial charge in [0, 0.05) is 30.9 Å². The average molecular weight is 462 g/mol. The number of amides is 2. The zero-order chi connectivity index (χ0) is 23.9. The molecule has 3 aromatic heterocycles. The van der Waals surface area contributed by atoms with Gasteiger partial charge >= 0.3 is 6.03 Å². The molecule has 2 aliphatic heterocycles. The van der Waals surface area contributed by atoms with Crippen LogP contribution in [-0.2, 0) is 16.9 Å². The number of carbonyl (C=O) groups excluding carboxylic acids is 1. The van der Waals surface area contributed by atoms with Gasteiger partial charge in [-0.1, -0.05) is 0 Å². The number of aromatic nitrogens is 4. The SMILES string of the molecule is C[C@@H](NC(=O)N1CC[C@]2(C1)OCCn1nc(-c3cnc(N)c(C#N)c3)cc12)c1cncc(F)c1. The molecule has 3 N–H and O–H groups in total. The third-order valence-electron chi connectivity index (χ3n) is 6.35. The van der Waals surface area contributed by atoms with E-state index in [-0.39, 0.29) is 11.8 Å². The van der Waals surface area contributed by atoms with Gasteiger partial charge in [-0.25, -0.2) is 14.2 Å². The van der Waals surface area contributed by atoms with Crippen LogP contribution in [0.3, 0.4) is 0 Å². The van der Waals surface area contributed by atoms with Crippen molar-refractivity contribution in [3.8, 4) is 17.3 Å². The number of nitrogens with zero attached hydrogens (tertiary/aromatic N) is 6. The zero-order valence-electron chi connectivity index (χ0n) is 18.5. The Bertz CT molecular complexity index is 1300. The van der Waals surface area contributed by atoms with Gasteiger partial charge in [-0.05, 0) is 30.7 Å². The number of likely N-dealkylation sites (tertiary alicyclic amines) is 1. The Kier molecular flexibility index (Phi) is 5.37. The molecule has 5 rings (SSSR count). The summed E-state index contributed by atoms with van der Waals surface area (Å²) < 4.78 is 21.6. The van der Waals surface area contributed by atoms with Crippen molar-refractivity contribution in [2.24, 2.45) is 0 Å². The van der Waals surface area contributed by atoms with Gasteiger partial charge in [0.2, 0.25) is 0 Å². The third kappa shape index (κ3) is 3.82. The highest BCUT2D eigenvalue weighted by molar-refractivity contribution is 5.75. The first kappa shape index (κ1) is 21.8. The fourth-order valence-electron chi connectivity index (χ4n) is 4.51. The second kappa shape index (κ2) is 8.39. The molecule has 0 radical (unpaired) electrons. The highest BCUT2D eigenvalue weighted by atomic mass is 19.1. The van der Waals surface area contributed by atoms with E-state index in [9.17, 15) is 14.4 Å². The molecule has 1 spiro atoms. The number of fused-ring (bicyclic) bond motifs is 2. The van der Waals surface area contributed by atoms with Gasteiger partial charge in [-0.3, -0.25) is 9.67 Å². The van der Waals surface area contributed by atoms with Crippen LogP contribution in [0.5, 0.6) is 0 Å². The van der Waals surface area contributed by atoms with Crippen molar-refractivity contribution in [1.82, 2.24) is 30.0 Å². The summed E-state index contributed by atoms with van der Waals surface area (Å²) in [4.78, 5) is 22.6. The lowest BCUT2D eigenvalue weighted by Crippen LogP contribution is -2.44. The van der Waals surface area contributed by atoms with Crippen molar-refractivity contribution in [3.05, 3.63) is 59.4 Å². The molecule has 0 unspecified atom stereocenters. The van der Waals surface area contributed by atoms with E-state index in [1.165, 1.54) is 12.3 Å². The van der Waals surface area contributed by atoms with Gasteiger partial charge in [0.25, 0.3) is 0 Å². The van der Waals surface area contributed by atoms with Gasteiger partial charge in [-0.2, -0.15) is 10.4 Å². The van der Waals surface area contributed by atoms with Gasteiger partial charge in [-0.15, -0.1) is 0 Å². The Morgan fingerprint density at radius 3 is 2.97 bits per heavy atom. The van der Waals surface area contributed by atoms with Crippen molar-refractivity contribution < 1.29 is 13.9 Å². The maximum Gasteiger partial charge on any atom is 0.317 e. The number of urea groups is 1. The van der Waals surface area contributed by atoms with Crippen LogP contribution in [0.25, 0.3) is 11.3 Å². The number of anilines is 1. The van der Waals surface area contributed by atoms with Crippen LogP contribution >= 0.6 is 0 Å². The van der Waals surface area contributed by atoms with E-state index in [1.54, 1.807) is 24.1 Å². The molecule has 174 valence electrons. The summed E-state index contributed by atoms with van der Waals surface area (Å²) in [5.74, 6) is -0.271. The summed E-state index contributed by atoms with van der Waals surface area (Å²) in [7, 11) is 0. The smallest absolute Gasteiger partial charge is 0.317 e. The van der Waals surface area contributed by atoms with Crippen LogP contribution in [-0.4, -0.2) is 50.4 Å². The molecule has 10 nitrogen and oxygen atoms in total. The first-order valence-electron chi connectivity index (χ1n) is 10.9. The van der Waals surface area contributed by atoms with Crippen molar-refractivity contribution in [2.45, 2.75) is 31.5 Å². The molecule has 0 bridgehead atoms. The van der Waals surface area contributed by atoms with Crippen LogP contribution in [0.4, 0.5) is 15.0 Å². The van der Waals surface area contributed by atoms with E-state index in [1.807, 2.05) is 16.8 Å². The minimum atomic E-state index is -0.677. The molecule has 0 saturated carbocycles. The second-order valence-corrected chi connectivity index (χ2v) is 8.53. The standard InChI is InChI=1S/C23H23FN8O2/c1-14(16-7-18(24)12-27-10-16)29-22(33)31-3-2-23(13-31)20-8-19(30-32(20)4-5-34-23)17-6-15(9-25)21(26)28-11-17/h6-8,10-12,14H,2-5,13H2,1H3,(H2,26,28)(H,29,33)/t14-,23-/m1/s1. The highest BCUT2D eigenvalue weighted by Gasteiger charge is 2.47. The number of ether oxygens (including phenoxy) is 1. The van der Waals surface area contributed by atoms with Crippen LogP contribution in [0.1, 0.15) is 36.2 Å². The summed E-state index contributed by atoms with van der Waals surface area (Å²) >= 11 is 0. The summed E-state index contributed by atoms with van der Waals surface area (Å²) in [6, 6.07) is 6.34. The van der Waals surface area contributed by atoms with Crippen LogP contribution in [0.2, 0.25) is 0 Å². The molecule has 2 atom stereocenters. The summed E-state index contributed by atoms with van der Waals surface area (Å²) in [5.41, 5.74) is 8.18. The maximum atomic E-state index is 13.5. The topological polar surface area (TPSA) is 135 Å². The second-order valence-electron chi connectivity index (χ2n) is 8.53. The van der Waals surface area contributed by atoms with Crippen molar-refractivity contribution in [2.75, 3.05) is 25.4 Å². The highest BCUT2D eigenvalue weighted by Crippen LogP contribution is 2.40. The van der Waals surface area contributed by atoms with Gasteiger partial charge in [0.1, 0.15) is 23.3 Å². The van der Waals surface area contributed by atoms with E-state index in [0.29, 0.717) is 55.0 Å². The summed E-state index contributed by atoms with van der Waals surface area (Å²) in [5, 5.41) is 16.9. The van der Waals surface area contributed by atoms with Crippen molar-refractivity contribution in [1.29, 1.82) is 5.26 Å². The molecule has 2 aliphatic rings. The van der Waals surface area contributed by atoms with Crippen LogP contribution in [0.15, 0.2) is 36.8 Å². The number of nitrogens with two attached hydrogens (primary N) is 1. The van der Waals surface area contributed by atoms with E-state index < -0.39 is 17.5 Å². The van der Waals surface area contributed by atoms with Crippen LogP contribution < -0.4 is 11.1 Å². The summed E-state index contributed by atoms with van der Waals surface area (Å²) in [6.45, 7) is 3.71. The number of nitrogens with one attached hydrogen (secondary N) is 1. The van der Waals surface area contributed by atoms with E-state index >= 15 is 0 Å². The number of hydrogen-bond acceptors (Lipinski definition) is 7. The molecule has 0 aliphatic carbocycles. The Balaban J connectivity index is 1.35. The number of rotatable bonds is 3. The van der Waals surface area contributed by atoms with E-state index in [0.717, 1.165) is 11.9 Å². The minimum absolute atomic E-state index is 0.177. The molecule has 5 heterocycles. The first-order chi connectivity index (χ1) is 16.4. The Hall–Kier alpha value is -4.04. The van der Waals surface area contributed by atoms with Gasteiger partial charge in [0.15, 0.2) is 0 Å². The lowest BCUT2D eigenvalue weighted by Gasteiger charge is -2.34. The van der Waals surface area contributed by atoms with E-state index in [4.69, 9.17) is 15.6 Å². The molecule has 1 fully saturated rings. The fraction of sp³-hybridized carbons (Fsp3) is 0.348. The van der Waals surface area contributed by atoms with Crippen LogP contribution in [0, 0.1) is 17.1 Å². The number of halogens is 1. The first-order valence-corrected chi connectivity index (χ1v) is 10.9. The average Bonchev–Trinajstić information content (AvgIpc) is 3.46. The Labute approximate surface area is 195 Å². The molecule has 11 heteroatoms. The molecule has 34 heavy (non-hydrogen) atoms. The van der Waals surface area contributed by atoms with Crippen molar-refractivity contribution >= 4 is 11.8 Å².